The highest BCUT2D eigenvalue weighted by Crippen LogP contribution is 2.20. The Hall–Kier alpha value is -6.30. The molecule has 0 saturated carbocycles. The summed E-state index contributed by atoms with van der Waals surface area (Å²) in [5.41, 5.74) is 6.76. The Morgan fingerprint density at radius 2 is 0.920 bits per heavy atom. The van der Waals surface area contributed by atoms with E-state index in [1.807, 2.05) is 0 Å². The summed E-state index contributed by atoms with van der Waals surface area (Å²) in [7, 11) is 3.09. The van der Waals surface area contributed by atoms with E-state index in [1.165, 1.54) is 12.4 Å². The van der Waals surface area contributed by atoms with Gasteiger partial charge in [-0.05, 0) is 85.6 Å². The van der Waals surface area contributed by atoms with Gasteiger partial charge in [-0.15, -0.1) is 0 Å². The third-order valence-corrected chi connectivity index (χ3v) is 7.24. The highest BCUT2D eigenvalue weighted by molar-refractivity contribution is 5.94. The summed E-state index contributed by atoms with van der Waals surface area (Å²) in [5.74, 6) is 0.289. The molecule has 12 heteroatoms. The summed E-state index contributed by atoms with van der Waals surface area (Å²) in [6, 6.07) is 26.8. The maximum absolute atomic E-state index is 12.5. The average molecular weight is 679 g/mol. The minimum Gasteiger partial charge on any atom is -0.497 e. The fraction of sp³-hybridized carbons (Fsp3) is 0.211. The van der Waals surface area contributed by atoms with Gasteiger partial charge in [0.2, 0.25) is 11.8 Å². The smallest absolute Gasteiger partial charge is 0.343 e. The van der Waals surface area contributed by atoms with Crippen LogP contribution in [0.3, 0.4) is 0 Å². The molecule has 0 heterocycles. The second-order valence-electron chi connectivity index (χ2n) is 10.8. The zero-order chi connectivity index (χ0) is 35.6. The van der Waals surface area contributed by atoms with E-state index in [9.17, 15) is 19.2 Å². The van der Waals surface area contributed by atoms with Crippen LogP contribution in [0, 0.1) is 0 Å². The predicted octanol–water partition coefficient (Wildman–Crippen LogP) is 6.08. The number of benzene rings is 4. The number of amides is 2. The molecule has 12 nitrogen and oxygen atoms in total. The molecule has 2 amide bonds. The van der Waals surface area contributed by atoms with E-state index in [2.05, 4.69) is 21.1 Å². The summed E-state index contributed by atoms with van der Waals surface area (Å²) in [6.45, 7) is 0. The first-order chi connectivity index (χ1) is 24.4. The number of hydrazone groups is 2. The molecule has 0 saturated heterocycles. The Kier molecular flexibility index (Phi) is 14.3. The molecule has 0 fully saturated rings. The maximum atomic E-state index is 12.5. The van der Waals surface area contributed by atoms with Gasteiger partial charge in [0.25, 0.3) is 0 Å². The van der Waals surface area contributed by atoms with Crippen LogP contribution in [0.5, 0.6) is 23.0 Å². The molecule has 0 aliphatic carbocycles. The molecule has 0 atom stereocenters. The molecule has 0 spiro atoms. The van der Waals surface area contributed by atoms with Gasteiger partial charge >= 0.3 is 11.9 Å². The molecule has 0 radical (unpaired) electrons. The molecular weight excluding hydrogens is 640 g/mol. The van der Waals surface area contributed by atoms with Gasteiger partial charge < -0.3 is 18.9 Å². The van der Waals surface area contributed by atoms with Crippen molar-refractivity contribution in [3.05, 3.63) is 119 Å². The number of carbonyl (C=O) groups is 4. The SMILES string of the molecule is COc1ccc(C(=O)Oc2ccccc2C=NNC(=O)CCCCCCC(=O)NN=Cc2ccccc2OC(=O)c2ccc(OC)cc2)cc1. The molecule has 0 aromatic heterocycles. The van der Waals surface area contributed by atoms with Crippen LogP contribution in [-0.4, -0.2) is 50.4 Å². The van der Waals surface area contributed by atoms with Gasteiger partial charge in [-0.2, -0.15) is 10.2 Å². The number of ether oxygens (including phenoxy) is 4. The molecule has 0 aliphatic rings. The zero-order valence-electron chi connectivity index (χ0n) is 27.8. The Morgan fingerprint density at radius 1 is 0.540 bits per heavy atom. The molecule has 50 heavy (non-hydrogen) atoms. The van der Waals surface area contributed by atoms with E-state index < -0.39 is 11.9 Å². The summed E-state index contributed by atoms with van der Waals surface area (Å²) in [4.78, 5) is 49.6. The Bertz CT molecular complexity index is 1670. The van der Waals surface area contributed by atoms with Crippen LogP contribution in [-0.2, 0) is 9.59 Å². The van der Waals surface area contributed by atoms with Crippen molar-refractivity contribution in [1.82, 2.24) is 10.9 Å². The summed E-state index contributed by atoms with van der Waals surface area (Å²) >= 11 is 0. The average Bonchev–Trinajstić information content (AvgIpc) is 3.14. The summed E-state index contributed by atoms with van der Waals surface area (Å²) in [6.07, 6.45) is 6.14. The number of hydrogen-bond acceptors (Lipinski definition) is 10. The number of methoxy groups -OCH3 is 2. The Labute approximate surface area is 290 Å². The number of rotatable bonds is 17. The van der Waals surface area contributed by atoms with Gasteiger partial charge in [-0.1, -0.05) is 37.1 Å². The first-order valence-electron chi connectivity index (χ1n) is 15.9. The van der Waals surface area contributed by atoms with Crippen LogP contribution in [0.1, 0.15) is 70.4 Å². The standard InChI is InChI=1S/C38H38N4O8/c1-47-31-21-17-27(18-22-31)37(45)49-33-13-9-7-11-29(33)25-39-41-35(43)15-5-3-4-6-16-36(44)42-40-26-30-12-8-10-14-34(30)50-38(46)28-19-23-32(48-2)24-20-28/h7-14,17-26H,3-6,15-16H2,1-2H3,(H,41,43)(H,42,44). The fourth-order valence-corrected chi connectivity index (χ4v) is 4.52. The lowest BCUT2D eigenvalue weighted by atomic mass is 10.1. The third kappa shape index (κ3) is 11.7. The number of para-hydroxylation sites is 2. The van der Waals surface area contributed by atoms with Crippen molar-refractivity contribution in [3.63, 3.8) is 0 Å². The number of nitrogens with zero attached hydrogens (tertiary/aromatic N) is 2. The van der Waals surface area contributed by atoms with Crippen molar-refractivity contribution in [2.75, 3.05) is 14.2 Å². The van der Waals surface area contributed by atoms with Crippen molar-refractivity contribution in [2.45, 2.75) is 38.5 Å². The lowest BCUT2D eigenvalue weighted by Crippen LogP contribution is -2.17. The van der Waals surface area contributed by atoms with E-state index >= 15 is 0 Å². The minimum atomic E-state index is -0.533. The number of unbranched alkanes of at least 4 members (excludes halogenated alkanes) is 3. The predicted molar refractivity (Wildman–Crippen MR) is 188 cm³/mol. The van der Waals surface area contributed by atoms with Crippen molar-refractivity contribution in [3.8, 4) is 23.0 Å². The second kappa shape index (κ2) is 19.5. The summed E-state index contributed by atoms with van der Waals surface area (Å²) in [5, 5.41) is 8.01. The minimum absolute atomic E-state index is 0.254. The van der Waals surface area contributed by atoms with Crippen LogP contribution in [0.15, 0.2) is 107 Å². The van der Waals surface area contributed by atoms with Gasteiger partial charge in [0.15, 0.2) is 0 Å². The third-order valence-electron chi connectivity index (χ3n) is 7.24. The first kappa shape index (κ1) is 36.5. The van der Waals surface area contributed by atoms with E-state index in [1.54, 1.807) is 111 Å². The van der Waals surface area contributed by atoms with Crippen molar-refractivity contribution in [1.29, 1.82) is 0 Å². The normalized spacial score (nSPS) is 10.8. The van der Waals surface area contributed by atoms with Crippen LogP contribution in [0.25, 0.3) is 0 Å². The van der Waals surface area contributed by atoms with E-state index in [0.29, 0.717) is 58.1 Å². The van der Waals surface area contributed by atoms with Gasteiger partial charge in [-0.3, -0.25) is 9.59 Å². The maximum Gasteiger partial charge on any atom is 0.343 e. The lowest BCUT2D eigenvalue weighted by molar-refractivity contribution is -0.122. The van der Waals surface area contributed by atoms with E-state index in [0.717, 1.165) is 12.8 Å². The highest BCUT2D eigenvalue weighted by Gasteiger charge is 2.13. The molecule has 4 rings (SSSR count). The largest absolute Gasteiger partial charge is 0.497 e. The first-order valence-corrected chi connectivity index (χ1v) is 15.9. The zero-order valence-corrected chi connectivity index (χ0v) is 27.8. The molecule has 0 bridgehead atoms. The second-order valence-corrected chi connectivity index (χ2v) is 10.8. The van der Waals surface area contributed by atoms with Crippen LogP contribution in [0.2, 0.25) is 0 Å². The molecule has 2 N–H and O–H groups in total. The lowest BCUT2D eigenvalue weighted by Gasteiger charge is -2.08. The fourth-order valence-electron chi connectivity index (χ4n) is 4.52. The molecule has 4 aromatic rings. The Morgan fingerprint density at radius 3 is 1.30 bits per heavy atom. The van der Waals surface area contributed by atoms with Crippen molar-refractivity contribution >= 4 is 36.2 Å². The number of carbonyl (C=O) groups excluding carboxylic acids is 4. The van der Waals surface area contributed by atoms with Crippen molar-refractivity contribution < 1.29 is 38.1 Å². The van der Waals surface area contributed by atoms with E-state index in [-0.39, 0.29) is 24.7 Å². The molecule has 0 unspecified atom stereocenters. The number of esters is 2. The van der Waals surface area contributed by atoms with Gasteiger partial charge in [0, 0.05) is 24.0 Å². The quantitative estimate of drug-likeness (QED) is 0.0448. The molecule has 258 valence electrons. The van der Waals surface area contributed by atoms with Crippen molar-refractivity contribution in [2.24, 2.45) is 10.2 Å². The summed E-state index contributed by atoms with van der Waals surface area (Å²) < 4.78 is 21.3. The molecule has 4 aromatic carbocycles. The van der Waals surface area contributed by atoms with Gasteiger partial charge in [0.05, 0.1) is 37.8 Å². The van der Waals surface area contributed by atoms with Gasteiger partial charge in [-0.25, -0.2) is 20.4 Å². The van der Waals surface area contributed by atoms with E-state index in [4.69, 9.17) is 18.9 Å². The number of hydrogen-bond donors (Lipinski definition) is 2. The number of nitrogens with one attached hydrogen (secondary N) is 2. The Balaban J connectivity index is 1.11. The topological polar surface area (TPSA) is 154 Å². The van der Waals surface area contributed by atoms with Gasteiger partial charge in [0.1, 0.15) is 23.0 Å². The highest BCUT2D eigenvalue weighted by atomic mass is 16.5. The molecular formula is C38H38N4O8. The van der Waals surface area contributed by atoms with Crippen LogP contribution >= 0.6 is 0 Å². The van der Waals surface area contributed by atoms with Crippen LogP contribution in [0.4, 0.5) is 0 Å². The van der Waals surface area contributed by atoms with Crippen LogP contribution < -0.4 is 29.8 Å². The molecule has 0 aliphatic heterocycles. The monoisotopic (exact) mass is 678 g/mol.